The number of hydrogen-bond acceptors (Lipinski definition) is 6. The van der Waals surface area contributed by atoms with Gasteiger partial charge in [-0.3, -0.25) is 0 Å². The van der Waals surface area contributed by atoms with E-state index >= 15 is 0 Å². The molecule has 0 aliphatic heterocycles. The molecule has 2 aromatic carbocycles. The molecule has 2 aromatic heterocycles. The molecule has 7 nitrogen and oxygen atoms in total. The molecule has 0 unspecified atom stereocenters. The zero-order valence-electron chi connectivity index (χ0n) is 16.3. The quantitative estimate of drug-likeness (QED) is 0.476. The predicted octanol–water partition coefficient (Wildman–Crippen LogP) is 4.11. The molecule has 4 aromatic rings. The van der Waals surface area contributed by atoms with Crippen LogP contribution in [-0.2, 0) is 17.9 Å². The summed E-state index contributed by atoms with van der Waals surface area (Å²) >= 11 is 1.67. The van der Waals surface area contributed by atoms with Crippen molar-refractivity contribution in [3.63, 3.8) is 0 Å². The number of para-hydroxylation sites is 1. The number of aliphatic carboxylic acids is 1. The van der Waals surface area contributed by atoms with Crippen LogP contribution in [0.1, 0.15) is 17.0 Å². The summed E-state index contributed by atoms with van der Waals surface area (Å²) in [5.41, 5.74) is 7.05. The molecular weight excluding hydrogens is 431 g/mol. The molecule has 0 bridgehead atoms. The molecule has 2 N–H and O–H groups in total. The third kappa shape index (κ3) is 6.09. The van der Waals surface area contributed by atoms with Gasteiger partial charge in [-0.25, -0.2) is 9.78 Å². The summed E-state index contributed by atoms with van der Waals surface area (Å²) in [5.74, 6) is -2.76. The highest BCUT2D eigenvalue weighted by Gasteiger charge is 2.38. The molecule has 0 saturated heterocycles. The van der Waals surface area contributed by atoms with E-state index in [1.54, 1.807) is 16.1 Å². The van der Waals surface area contributed by atoms with E-state index in [0.29, 0.717) is 6.54 Å². The van der Waals surface area contributed by atoms with E-state index in [0.717, 1.165) is 29.1 Å². The number of nitrogens with zero attached hydrogens (tertiary/aromatic N) is 4. The molecule has 11 heteroatoms. The van der Waals surface area contributed by atoms with Gasteiger partial charge in [-0.05, 0) is 36.8 Å². The Morgan fingerprint density at radius 3 is 2.52 bits per heavy atom. The van der Waals surface area contributed by atoms with E-state index in [1.807, 2.05) is 42.8 Å². The minimum absolute atomic E-state index is 0.688. The van der Waals surface area contributed by atoms with Gasteiger partial charge in [0.25, 0.3) is 0 Å². The first kappa shape index (κ1) is 22.4. The molecule has 0 atom stereocenters. The van der Waals surface area contributed by atoms with Crippen molar-refractivity contribution < 1.29 is 23.1 Å². The van der Waals surface area contributed by atoms with Gasteiger partial charge in [-0.15, -0.1) is 11.3 Å². The number of carboxylic acid groups (broad SMARTS) is 1. The minimum atomic E-state index is -5.08. The smallest absolute Gasteiger partial charge is 0.475 e. The third-order valence-corrected chi connectivity index (χ3v) is 4.93. The molecule has 4 rings (SSSR count). The van der Waals surface area contributed by atoms with Crippen molar-refractivity contribution in [1.29, 1.82) is 0 Å². The number of hydrogen-bond donors (Lipinski definition) is 2. The molecule has 31 heavy (non-hydrogen) atoms. The van der Waals surface area contributed by atoms with Gasteiger partial charge in [0.2, 0.25) is 0 Å². The predicted molar refractivity (Wildman–Crippen MR) is 110 cm³/mol. The second-order valence-electron chi connectivity index (χ2n) is 6.42. The van der Waals surface area contributed by atoms with Gasteiger partial charge < -0.3 is 10.4 Å². The Balaban J connectivity index is 0.000000339. The average Bonchev–Trinajstić information content (AvgIpc) is 3.35. The van der Waals surface area contributed by atoms with Crippen LogP contribution >= 0.6 is 11.3 Å². The highest BCUT2D eigenvalue weighted by Crippen LogP contribution is 2.19. The Labute approximate surface area is 179 Å². The SMILES string of the molecule is Cc1nn(-c2ccccc2)nc1CNCc1ccc2scnc2c1.O=C(O)C(F)(F)F. The number of carbonyl (C=O) groups is 1. The molecule has 0 aliphatic carbocycles. The fourth-order valence-electron chi connectivity index (χ4n) is 2.59. The first-order valence-electron chi connectivity index (χ1n) is 9.05. The van der Waals surface area contributed by atoms with Crippen LogP contribution in [0.2, 0.25) is 0 Å². The van der Waals surface area contributed by atoms with Gasteiger partial charge in [-0.2, -0.15) is 28.2 Å². The zero-order chi connectivity index (χ0) is 22.4. The molecular formula is C20H18F3N5O2S. The first-order valence-corrected chi connectivity index (χ1v) is 9.93. The summed E-state index contributed by atoms with van der Waals surface area (Å²) in [4.78, 5) is 14.9. The molecule has 0 aliphatic rings. The van der Waals surface area contributed by atoms with Crippen molar-refractivity contribution in [2.75, 3.05) is 0 Å². The van der Waals surface area contributed by atoms with Crippen molar-refractivity contribution in [2.24, 2.45) is 0 Å². The van der Waals surface area contributed by atoms with Gasteiger partial charge >= 0.3 is 12.1 Å². The van der Waals surface area contributed by atoms with E-state index in [-0.39, 0.29) is 0 Å². The molecule has 0 amide bonds. The van der Waals surface area contributed by atoms with E-state index in [4.69, 9.17) is 9.90 Å². The normalized spacial score (nSPS) is 11.2. The number of halogens is 3. The average molecular weight is 449 g/mol. The number of rotatable bonds is 5. The summed E-state index contributed by atoms with van der Waals surface area (Å²) in [7, 11) is 0. The van der Waals surface area contributed by atoms with Crippen LogP contribution in [0.25, 0.3) is 15.9 Å². The maximum atomic E-state index is 10.6. The number of fused-ring (bicyclic) bond motifs is 1. The molecule has 0 saturated carbocycles. The van der Waals surface area contributed by atoms with Crippen LogP contribution in [0.3, 0.4) is 0 Å². The van der Waals surface area contributed by atoms with Gasteiger partial charge in [0.15, 0.2) is 0 Å². The summed E-state index contributed by atoms with van der Waals surface area (Å²) < 4.78 is 33.0. The largest absolute Gasteiger partial charge is 0.490 e. The summed E-state index contributed by atoms with van der Waals surface area (Å²) in [6.45, 7) is 3.46. The lowest BCUT2D eigenvalue weighted by molar-refractivity contribution is -0.192. The molecule has 0 radical (unpaired) electrons. The number of thiazole rings is 1. The van der Waals surface area contributed by atoms with E-state index < -0.39 is 12.1 Å². The number of alkyl halides is 3. The maximum Gasteiger partial charge on any atom is 0.490 e. The van der Waals surface area contributed by atoms with Gasteiger partial charge in [0.1, 0.15) is 0 Å². The summed E-state index contributed by atoms with van der Waals surface area (Å²) in [5, 5.41) is 19.6. The second-order valence-corrected chi connectivity index (χ2v) is 7.30. The van der Waals surface area contributed by atoms with Gasteiger partial charge in [0, 0.05) is 13.1 Å². The standard InChI is InChI=1S/C18H17N5S.C2HF3O2/c1-13-17(22-23(21-13)15-5-3-2-4-6-15)11-19-10-14-7-8-18-16(9-14)20-12-24-18;3-2(4,5)1(6)7/h2-9,12,19H,10-11H2,1H3;(H,6,7). The highest BCUT2D eigenvalue weighted by atomic mass is 32.1. The monoisotopic (exact) mass is 449 g/mol. The summed E-state index contributed by atoms with van der Waals surface area (Å²) in [6.07, 6.45) is -5.08. The molecule has 0 fully saturated rings. The van der Waals surface area contributed by atoms with Crippen LogP contribution in [0.5, 0.6) is 0 Å². The minimum Gasteiger partial charge on any atom is -0.475 e. The van der Waals surface area contributed by atoms with Crippen molar-refractivity contribution >= 4 is 27.5 Å². The number of nitrogens with one attached hydrogen (secondary N) is 1. The first-order chi connectivity index (χ1) is 14.7. The Kier molecular flexibility index (Phi) is 6.98. The van der Waals surface area contributed by atoms with E-state index in [9.17, 15) is 13.2 Å². The van der Waals surface area contributed by atoms with Crippen molar-refractivity contribution in [3.05, 3.63) is 71.0 Å². The summed E-state index contributed by atoms with van der Waals surface area (Å²) in [6, 6.07) is 16.4. The topological polar surface area (TPSA) is 92.9 Å². The van der Waals surface area contributed by atoms with Gasteiger partial charge in [0.05, 0.1) is 32.8 Å². The number of carboxylic acids is 1. The number of aryl methyl sites for hydroxylation is 1. The van der Waals surface area contributed by atoms with Crippen LogP contribution in [-0.4, -0.2) is 37.2 Å². The lowest BCUT2D eigenvalue weighted by atomic mass is 10.2. The number of benzene rings is 2. The van der Waals surface area contributed by atoms with Crippen molar-refractivity contribution in [2.45, 2.75) is 26.2 Å². The Bertz CT molecular complexity index is 1160. The fourth-order valence-corrected chi connectivity index (χ4v) is 3.25. The van der Waals surface area contributed by atoms with Crippen molar-refractivity contribution in [3.8, 4) is 5.69 Å². The zero-order valence-corrected chi connectivity index (χ0v) is 17.1. The van der Waals surface area contributed by atoms with E-state index in [2.05, 4.69) is 38.7 Å². The number of aromatic nitrogens is 4. The molecule has 162 valence electrons. The van der Waals surface area contributed by atoms with Crippen LogP contribution in [0.15, 0.2) is 54.0 Å². The Morgan fingerprint density at radius 2 is 1.84 bits per heavy atom. The maximum absolute atomic E-state index is 10.6. The van der Waals surface area contributed by atoms with Crippen LogP contribution in [0, 0.1) is 6.92 Å². The Morgan fingerprint density at radius 1 is 1.13 bits per heavy atom. The molecule has 0 spiro atoms. The third-order valence-electron chi connectivity index (χ3n) is 4.12. The fraction of sp³-hybridized carbons (Fsp3) is 0.200. The highest BCUT2D eigenvalue weighted by molar-refractivity contribution is 7.16. The Hall–Kier alpha value is -3.31. The second kappa shape index (κ2) is 9.67. The van der Waals surface area contributed by atoms with Gasteiger partial charge in [-0.1, -0.05) is 24.3 Å². The van der Waals surface area contributed by atoms with Crippen molar-refractivity contribution in [1.82, 2.24) is 25.3 Å². The van der Waals surface area contributed by atoms with Crippen LogP contribution in [0.4, 0.5) is 13.2 Å². The lowest BCUT2D eigenvalue weighted by Crippen LogP contribution is -2.21. The molecule has 2 heterocycles. The lowest BCUT2D eigenvalue weighted by Gasteiger charge is -2.03. The van der Waals surface area contributed by atoms with E-state index in [1.165, 1.54) is 10.3 Å². The van der Waals surface area contributed by atoms with Crippen LogP contribution < -0.4 is 5.32 Å².